The smallest absolute Gasteiger partial charge is 0.341 e. The van der Waals surface area contributed by atoms with Crippen LogP contribution in [0.25, 0.3) is 10.4 Å². The summed E-state index contributed by atoms with van der Waals surface area (Å²) >= 11 is 0. The van der Waals surface area contributed by atoms with Crippen molar-refractivity contribution in [1.82, 2.24) is 10.3 Å². The number of allylic oxidation sites excluding steroid dienone is 1. The number of carbonyl (C=O) groups excluding carboxylic acids is 3. The molecule has 0 atom stereocenters. The summed E-state index contributed by atoms with van der Waals surface area (Å²) in [6.45, 7) is 2.44. The Morgan fingerprint density at radius 1 is 1.46 bits per heavy atom. The zero-order valence-corrected chi connectivity index (χ0v) is 14.0. The van der Waals surface area contributed by atoms with Gasteiger partial charge in [-0.1, -0.05) is 5.11 Å². The van der Waals surface area contributed by atoms with Crippen molar-refractivity contribution in [3.8, 4) is 0 Å². The first-order valence-electron chi connectivity index (χ1n) is 7.31. The number of aliphatic hydroxyl groups is 1. The van der Waals surface area contributed by atoms with Gasteiger partial charge in [-0.3, -0.25) is 14.9 Å². The molecule has 0 spiro atoms. The molecule has 0 aromatic carbocycles. The molecule has 0 fully saturated rings. The van der Waals surface area contributed by atoms with E-state index in [1.807, 2.05) is 5.32 Å². The summed E-state index contributed by atoms with van der Waals surface area (Å²) in [6.07, 6.45) is 2.34. The summed E-state index contributed by atoms with van der Waals surface area (Å²) < 4.78 is 4.88. The van der Waals surface area contributed by atoms with Crippen molar-refractivity contribution in [2.75, 3.05) is 13.2 Å². The third-order valence-corrected chi connectivity index (χ3v) is 2.76. The van der Waals surface area contributed by atoms with Crippen molar-refractivity contribution < 1.29 is 24.2 Å². The third-order valence-electron chi connectivity index (χ3n) is 2.76. The van der Waals surface area contributed by atoms with Crippen molar-refractivity contribution in [2.45, 2.75) is 13.8 Å². The molecule has 2 amide bonds. The fourth-order valence-corrected chi connectivity index (χ4v) is 1.64. The van der Waals surface area contributed by atoms with E-state index in [0.29, 0.717) is 0 Å². The first-order chi connectivity index (χ1) is 12.4. The van der Waals surface area contributed by atoms with Crippen molar-refractivity contribution in [3.05, 3.63) is 45.7 Å². The molecular weight excluding hydrogens is 344 g/mol. The molecule has 0 radical (unpaired) electrons. The van der Waals surface area contributed by atoms with E-state index in [9.17, 15) is 19.5 Å². The third kappa shape index (κ3) is 6.06. The Labute approximate surface area is 148 Å². The van der Waals surface area contributed by atoms with Crippen LogP contribution in [0.2, 0.25) is 0 Å². The van der Waals surface area contributed by atoms with Gasteiger partial charge in [0.1, 0.15) is 17.9 Å². The molecule has 1 aromatic heterocycles. The molecule has 0 bridgehead atoms. The SMILES string of the molecule is CCOC(=O)c1cccnc1/N=C/C(C(=O)NC(=O)CN=[N+]=[N-])=C(/C)O. The van der Waals surface area contributed by atoms with Crippen LogP contribution in [-0.4, -0.2) is 47.2 Å². The highest BCUT2D eigenvalue weighted by molar-refractivity contribution is 6.17. The predicted molar refractivity (Wildman–Crippen MR) is 90.8 cm³/mol. The topological polar surface area (TPSA) is 167 Å². The van der Waals surface area contributed by atoms with E-state index in [4.69, 9.17) is 10.3 Å². The molecule has 1 rings (SSSR count). The van der Waals surface area contributed by atoms with Gasteiger partial charge in [0, 0.05) is 17.3 Å². The average Bonchev–Trinajstić information content (AvgIpc) is 2.60. The second kappa shape index (κ2) is 10.2. The molecular formula is C15H16N6O5. The summed E-state index contributed by atoms with van der Waals surface area (Å²) in [5.41, 5.74) is 7.88. The molecule has 0 aliphatic carbocycles. The van der Waals surface area contributed by atoms with E-state index in [0.717, 1.165) is 6.21 Å². The van der Waals surface area contributed by atoms with E-state index < -0.39 is 30.1 Å². The van der Waals surface area contributed by atoms with Gasteiger partial charge in [0.05, 0.1) is 12.2 Å². The van der Waals surface area contributed by atoms with E-state index in [1.54, 1.807) is 6.92 Å². The minimum atomic E-state index is -0.958. The molecule has 136 valence electrons. The summed E-state index contributed by atoms with van der Waals surface area (Å²) in [5.74, 6) is -2.91. The van der Waals surface area contributed by atoms with Crippen LogP contribution in [0.3, 0.4) is 0 Å². The number of aromatic nitrogens is 1. The molecule has 26 heavy (non-hydrogen) atoms. The summed E-state index contributed by atoms with van der Waals surface area (Å²) in [7, 11) is 0. The van der Waals surface area contributed by atoms with Crippen molar-refractivity contribution in [2.24, 2.45) is 10.1 Å². The Morgan fingerprint density at radius 2 is 2.19 bits per heavy atom. The maximum atomic E-state index is 12.0. The van der Waals surface area contributed by atoms with Crippen molar-refractivity contribution in [3.63, 3.8) is 0 Å². The van der Waals surface area contributed by atoms with Gasteiger partial charge in [0.15, 0.2) is 5.82 Å². The number of pyridine rings is 1. The lowest BCUT2D eigenvalue weighted by Crippen LogP contribution is -2.34. The largest absolute Gasteiger partial charge is 0.512 e. The van der Waals surface area contributed by atoms with Gasteiger partial charge in [-0.2, -0.15) is 0 Å². The van der Waals surface area contributed by atoms with Gasteiger partial charge < -0.3 is 9.84 Å². The van der Waals surface area contributed by atoms with Crippen LogP contribution in [0.15, 0.2) is 39.8 Å². The predicted octanol–water partition coefficient (Wildman–Crippen LogP) is 1.75. The Bertz CT molecular complexity index is 806. The lowest BCUT2D eigenvalue weighted by Gasteiger charge is -2.05. The van der Waals surface area contributed by atoms with E-state index in [1.165, 1.54) is 25.3 Å². The first-order valence-corrected chi connectivity index (χ1v) is 7.31. The summed E-state index contributed by atoms with van der Waals surface area (Å²) in [5, 5.41) is 14.6. The lowest BCUT2D eigenvalue weighted by molar-refractivity contribution is -0.127. The van der Waals surface area contributed by atoms with Crippen LogP contribution in [0.1, 0.15) is 24.2 Å². The number of esters is 1. The van der Waals surface area contributed by atoms with E-state index in [2.05, 4.69) is 20.0 Å². The number of ether oxygens (including phenoxy) is 1. The van der Waals surface area contributed by atoms with Crippen LogP contribution in [-0.2, 0) is 14.3 Å². The van der Waals surface area contributed by atoms with Crippen molar-refractivity contribution in [1.29, 1.82) is 0 Å². The average molecular weight is 360 g/mol. The van der Waals surface area contributed by atoms with Crippen LogP contribution in [0.4, 0.5) is 5.82 Å². The molecule has 0 aliphatic rings. The van der Waals surface area contributed by atoms with E-state index >= 15 is 0 Å². The number of carbonyl (C=O) groups is 3. The highest BCUT2D eigenvalue weighted by atomic mass is 16.5. The molecule has 1 aromatic rings. The molecule has 0 saturated heterocycles. The lowest BCUT2D eigenvalue weighted by atomic mass is 10.2. The monoisotopic (exact) mass is 360 g/mol. The number of amides is 2. The van der Waals surface area contributed by atoms with Crippen LogP contribution in [0.5, 0.6) is 0 Å². The zero-order chi connectivity index (χ0) is 19.5. The Balaban J connectivity index is 3.04. The molecule has 11 heteroatoms. The minimum absolute atomic E-state index is 0.0297. The van der Waals surface area contributed by atoms with Gasteiger partial charge in [0.2, 0.25) is 5.91 Å². The summed E-state index contributed by atoms with van der Waals surface area (Å²) in [4.78, 5) is 45.5. The second-order valence-electron chi connectivity index (χ2n) is 4.62. The van der Waals surface area contributed by atoms with Gasteiger partial charge in [0.25, 0.3) is 5.91 Å². The number of nitrogens with one attached hydrogen (secondary N) is 1. The molecule has 1 heterocycles. The van der Waals surface area contributed by atoms with Gasteiger partial charge in [-0.25, -0.2) is 14.8 Å². The van der Waals surface area contributed by atoms with Gasteiger partial charge in [-0.15, -0.1) is 0 Å². The van der Waals surface area contributed by atoms with Crippen LogP contribution in [0, 0.1) is 0 Å². The highest BCUT2D eigenvalue weighted by Crippen LogP contribution is 2.16. The number of rotatable bonds is 7. The van der Waals surface area contributed by atoms with Crippen molar-refractivity contribution >= 4 is 29.8 Å². The minimum Gasteiger partial charge on any atom is -0.512 e. The second-order valence-corrected chi connectivity index (χ2v) is 4.62. The number of hydrogen-bond donors (Lipinski definition) is 2. The molecule has 2 N–H and O–H groups in total. The fraction of sp³-hybridized carbons (Fsp3) is 0.267. The Kier molecular flexibility index (Phi) is 7.98. The maximum absolute atomic E-state index is 12.0. The first kappa shape index (κ1) is 20.3. The number of nitrogens with zero attached hydrogens (tertiary/aromatic N) is 5. The number of azide groups is 1. The number of aliphatic imine (C=N–C) groups is 1. The molecule has 11 nitrogen and oxygen atoms in total. The number of hydrogen-bond acceptors (Lipinski definition) is 8. The number of imide groups is 1. The van der Waals surface area contributed by atoms with Crippen LogP contribution < -0.4 is 5.32 Å². The van der Waals surface area contributed by atoms with Gasteiger partial charge in [-0.05, 0) is 31.5 Å². The fourth-order valence-electron chi connectivity index (χ4n) is 1.64. The maximum Gasteiger partial charge on any atom is 0.341 e. The Hall–Kier alpha value is -3.72. The summed E-state index contributed by atoms with van der Waals surface area (Å²) in [6, 6.07) is 2.96. The highest BCUT2D eigenvalue weighted by Gasteiger charge is 2.16. The number of aliphatic hydroxyl groups excluding tert-OH is 1. The Morgan fingerprint density at radius 3 is 2.81 bits per heavy atom. The normalized spacial score (nSPS) is 11.3. The van der Waals surface area contributed by atoms with Gasteiger partial charge >= 0.3 is 5.97 Å². The molecule has 0 aliphatic heterocycles. The zero-order valence-electron chi connectivity index (χ0n) is 14.0. The molecule has 0 unspecified atom stereocenters. The molecule has 0 saturated carbocycles. The van der Waals surface area contributed by atoms with E-state index in [-0.39, 0.29) is 23.6 Å². The standard InChI is InChI=1S/C15H16N6O5/c1-3-26-15(25)10-5-4-6-17-13(10)18-7-11(9(2)22)14(24)20-12(23)8-19-21-16/h4-7,22H,3,8H2,1-2H3,(H,20,23,24)/b11-9+,18-7+. The quantitative estimate of drug-likeness (QED) is 0.143. The van der Waals surface area contributed by atoms with Crippen LogP contribution >= 0.6 is 0 Å².